The molecule has 8 heteroatoms. The molecule has 4 amide bonds. The lowest BCUT2D eigenvalue weighted by Crippen LogP contribution is -2.54. The number of benzene rings is 2. The minimum atomic E-state index is -0.796. The zero-order chi connectivity index (χ0) is 21.4. The van der Waals surface area contributed by atoms with Crippen molar-refractivity contribution >= 4 is 56.4 Å². The third-order valence-corrected chi connectivity index (χ3v) is 5.75. The van der Waals surface area contributed by atoms with E-state index >= 15 is 0 Å². The Hall–Kier alpha value is -3.70. The summed E-state index contributed by atoms with van der Waals surface area (Å²) in [6, 6.07) is 13.7. The van der Waals surface area contributed by atoms with Crippen LogP contribution in [-0.4, -0.2) is 22.4 Å². The zero-order valence-corrected chi connectivity index (χ0v) is 17.4. The molecular weight excluding hydrogens is 448 g/mol. The van der Waals surface area contributed by atoms with E-state index in [2.05, 4.69) is 27.3 Å². The summed E-state index contributed by atoms with van der Waals surface area (Å²) in [6.45, 7) is 1.97. The minimum Gasteiger partial charge on any atom is -0.333 e. The smallest absolute Gasteiger partial charge is 0.333 e. The number of nitrogens with one attached hydrogen (secondary N) is 1. The summed E-state index contributed by atoms with van der Waals surface area (Å²) in [5.74, 6) is -1.46. The van der Waals surface area contributed by atoms with Gasteiger partial charge in [0.2, 0.25) is 0 Å². The minimum absolute atomic E-state index is 0.132. The van der Waals surface area contributed by atoms with Gasteiger partial charge < -0.3 is 4.57 Å². The number of nitriles is 1. The van der Waals surface area contributed by atoms with Crippen molar-refractivity contribution in [1.82, 2.24) is 9.88 Å². The highest BCUT2D eigenvalue weighted by Gasteiger charge is 2.37. The quantitative estimate of drug-likeness (QED) is 0.471. The average molecular weight is 463 g/mol. The van der Waals surface area contributed by atoms with Crippen LogP contribution in [0, 0.1) is 18.3 Å². The van der Waals surface area contributed by atoms with Crippen LogP contribution in [0.15, 0.2) is 58.7 Å². The summed E-state index contributed by atoms with van der Waals surface area (Å²) in [5, 5.41) is 12.1. The van der Waals surface area contributed by atoms with Crippen molar-refractivity contribution in [1.29, 1.82) is 5.26 Å². The number of carbonyl (C=O) groups is 3. The number of fused-ring (bicyclic) bond motifs is 1. The molecule has 0 bridgehead atoms. The van der Waals surface area contributed by atoms with E-state index in [1.54, 1.807) is 29.0 Å². The summed E-state index contributed by atoms with van der Waals surface area (Å²) in [4.78, 5) is 38.9. The van der Waals surface area contributed by atoms with Crippen LogP contribution in [-0.2, 0) is 16.1 Å². The van der Waals surface area contributed by atoms with Gasteiger partial charge in [-0.05, 0) is 42.8 Å². The molecule has 2 heterocycles. The molecule has 0 aliphatic carbocycles. The molecule has 0 unspecified atom stereocenters. The summed E-state index contributed by atoms with van der Waals surface area (Å²) < 4.78 is 2.58. The SMILES string of the molecule is Cc1cc(N2C(=O)NC(=O)/C(=C\c3cn(CC#N)c4ccccc34)C2=O)ccc1Br. The Balaban J connectivity index is 1.81. The van der Waals surface area contributed by atoms with Crippen molar-refractivity contribution in [3.63, 3.8) is 0 Å². The van der Waals surface area contributed by atoms with Gasteiger partial charge in [-0.15, -0.1) is 0 Å². The molecule has 1 aliphatic heterocycles. The maximum Gasteiger partial charge on any atom is 0.335 e. The maximum atomic E-state index is 13.1. The molecular formula is C22H15BrN4O3. The van der Waals surface area contributed by atoms with Crippen LogP contribution in [0.3, 0.4) is 0 Å². The molecule has 0 atom stereocenters. The number of barbiturate groups is 1. The number of aryl methyl sites for hydroxylation is 1. The Morgan fingerprint density at radius 3 is 2.67 bits per heavy atom. The predicted molar refractivity (Wildman–Crippen MR) is 115 cm³/mol. The van der Waals surface area contributed by atoms with E-state index in [1.807, 2.05) is 31.2 Å². The Morgan fingerprint density at radius 2 is 1.93 bits per heavy atom. The number of para-hydroxylation sites is 1. The van der Waals surface area contributed by atoms with Crippen molar-refractivity contribution in [2.24, 2.45) is 0 Å². The van der Waals surface area contributed by atoms with E-state index < -0.39 is 17.8 Å². The average Bonchev–Trinajstić information content (AvgIpc) is 3.06. The molecule has 4 rings (SSSR count). The number of rotatable bonds is 3. The Labute approximate surface area is 180 Å². The van der Waals surface area contributed by atoms with E-state index in [4.69, 9.17) is 5.26 Å². The van der Waals surface area contributed by atoms with Crippen LogP contribution in [0.2, 0.25) is 0 Å². The van der Waals surface area contributed by atoms with E-state index in [0.717, 1.165) is 25.8 Å². The number of imide groups is 2. The number of hydrogen-bond donors (Lipinski definition) is 1. The monoisotopic (exact) mass is 462 g/mol. The molecule has 0 radical (unpaired) electrons. The van der Waals surface area contributed by atoms with Crippen LogP contribution >= 0.6 is 15.9 Å². The highest BCUT2D eigenvalue weighted by Crippen LogP contribution is 2.28. The van der Waals surface area contributed by atoms with Crippen molar-refractivity contribution in [3.8, 4) is 6.07 Å². The van der Waals surface area contributed by atoms with E-state index in [0.29, 0.717) is 11.3 Å². The number of urea groups is 1. The topological polar surface area (TPSA) is 95.2 Å². The first-order valence-corrected chi connectivity index (χ1v) is 9.82. The third kappa shape index (κ3) is 3.29. The number of aromatic nitrogens is 1. The van der Waals surface area contributed by atoms with E-state index in [1.165, 1.54) is 6.08 Å². The highest BCUT2D eigenvalue weighted by molar-refractivity contribution is 9.10. The lowest BCUT2D eigenvalue weighted by atomic mass is 10.1. The van der Waals surface area contributed by atoms with Gasteiger partial charge in [0.1, 0.15) is 12.1 Å². The molecule has 2 aromatic carbocycles. The largest absolute Gasteiger partial charge is 0.335 e. The number of anilines is 1. The summed E-state index contributed by atoms with van der Waals surface area (Å²) in [7, 11) is 0. The van der Waals surface area contributed by atoms with Crippen molar-refractivity contribution in [2.75, 3.05) is 4.90 Å². The van der Waals surface area contributed by atoms with Crippen LogP contribution in [0.1, 0.15) is 11.1 Å². The normalized spacial score (nSPS) is 15.6. The molecule has 1 fully saturated rings. The lowest BCUT2D eigenvalue weighted by molar-refractivity contribution is -0.122. The fourth-order valence-corrected chi connectivity index (χ4v) is 3.66. The molecule has 0 spiro atoms. The van der Waals surface area contributed by atoms with Gasteiger partial charge in [0.15, 0.2) is 0 Å². The molecule has 30 heavy (non-hydrogen) atoms. The van der Waals surface area contributed by atoms with Gasteiger partial charge in [0, 0.05) is 27.1 Å². The van der Waals surface area contributed by atoms with Crippen LogP contribution in [0.25, 0.3) is 17.0 Å². The first-order chi connectivity index (χ1) is 14.4. The molecule has 148 valence electrons. The van der Waals surface area contributed by atoms with Gasteiger partial charge >= 0.3 is 6.03 Å². The first kappa shape index (κ1) is 19.6. The molecule has 1 saturated heterocycles. The lowest BCUT2D eigenvalue weighted by Gasteiger charge is -2.26. The van der Waals surface area contributed by atoms with Gasteiger partial charge in [-0.25, -0.2) is 9.69 Å². The second-order valence-electron chi connectivity index (χ2n) is 6.78. The fraction of sp³-hybridized carbons (Fsp3) is 0.0909. The van der Waals surface area contributed by atoms with Crippen LogP contribution in [0.5, 0.6) is 0 Å². The molecule has 7 nitrogen and oxygen atoms in total. The standard InChI is InChI=1S/C22H15BrN4O3/c1-13-10-15(6-7-18(13)23)27-21(29)17(20(28)25-22(27)30)11-14-12-26(9-8-24)19-5-3-2-4-16(14)19/h2-7,10-12H,9H2,1H3,(H,25,28,30)/b17-11+. The van der Waals surface area contributed by atoms with Crippen molar-refractivity contribution in [2.45, 2.75) is 13.5 Å². The van der Waals surface area contributed by atoms with Crippen molar-refractivity contribution in [3.05, 3.63) is 69.8 Å². The summed E-state index contributed by atoms with van der Waals surface area (Å²) in [5.41, 5.74) is 2.47. The molecule has 1 aromatic heterocycles. The Kier molecular flexibility index (Phi) is 4.98. The number of hydrogen-bond acceptors (Lipinski definition) is 4. The zero-order valence-electron chi connectivity index (χ0n) is 15.8. The van der Waals surface area contributed by atoms with Crippen molar-refractivity contribution < 1.29 is 14.4 Å². The summed E-state index contributed by atoms with van der Waals surface area (Å²) >= 11 is 3.39. The van der Waals surface area contributed by atoms with Gasteiger partial charge in [-0.3, -0.25) is 14.9 Å². The molecule has 1 N–H and O–H groups in total. The number of halogens is 1. The third-order valence-electron chi connectivity index (χ3n) is 4.86. The highest BCUT2D eigenvalue weighted by atomic mass is 79.9. The van der Waals surface area contributed by atoms with Crippen LogP contribution < -0.4 is 10.2 Å². The molecule has 1 aliphatic rings. The van der Waals surface area contributed by atoms with Gasteiger partial charge in [0.25, 0.3) is 11.8 Å². The van der Waals surface area contributed by atoms with Crippen LogP contribution in [0.4, 0.5) is 10.5 Å². The Morgan fingerprint density at radius 1 is 1.17 bits per heavy atom. The second kappa shape index (κ2) is 7.61. The fourth-order valence-electron chi connectivity index (χ4n) is 3.41. The maximum absolute atomic E-state index is 13.1. The second-order valence-corrected chi connectivity index (χ2v) is 7.63. The number of nitrogens with zero attached hydrogens (tertiary/aromatic N) is 3. The van der Waals surface area contributed by atoms with Gasteiger partial charge in [0.05, 0.1) is 11.8 Å². The first-order valence-electron chi connectivity index (χ1n) is 9.03. The van der Waals surface area contributed by atoms with E-state index in [-0.39, 0.29) is 12.1 Å². The van der Waals surface area contributed by atoms with Gasteiger partial charge in [-0.2, -0.15) is 5.26 Å². The molecule has 0 saturated carbocycles. The number of carbonyl (C=O) groups excluding carboxylic acids is 3. The number of amides is 4. The predicted octanol–water partition coefficient (Wildman–Crippen LogP) is 3.90. The van der Waals surface area contributed by atoms with E-state index in [9.17, 15) is 14.4 Å². The molecule has 3 aromatic rings. The Bertz CT molecular complexity index is 1300. The van der Waals surface area contributed by atoms with Gasteiger partial charge in [-0.1, -0.05) is 34.1 Å². The summed E-state index contributed by atoms with van der Waals surface area (Å²) in [6.07, 6.45) is 3.17.